The second-order valence-electron chi connectivity index (χ2n) is 5.62. The highest BCUT2D eigenvalue weighted by Crippen LogP contribution is 2.26. The van der Waals surface area contributed by atoms with Gasteiger partial charge in [0.05, 0.1) is 12.8 Å². The van der Waals surface area contributed by atoms with E-state index in [0.29, 0.717) is 6.42 Å². The van der Waals surface area contributed by atoms with Gasteiger partial charge in [-0.05, 0) is 18.4 Å². The summed E-state index contributed by atoms with van der Waals surface area (Å²) in [6.45, 7) is 1.99. The topological polar surface area (TPSA) is 121 Å². The highest BCUT2D eigenvalue weighted by molar-refractivity contribution is 5.88. The lowest BCUT2D eigenvalue weighted by Crippen LogP contribution is -2.43. The number of aliphatic carboxylic acids is 2. The minimum Gasteiger partial charge on any atom is -0.481 e. The van der Waals surface area contributed by atoms with Gasteiger partial charge in [-0.25, -0.2) is 4.79 Å². The lowest BCUT2D eigenvalue weighted by molar-refractivity contribution is -0.173. The summed E-state index contributed by atoms with van der Waals surface area (Å²) in [7, 11) is 0. The molecule has 0 spiro atoms. The third-order valence-corrected chi connectivity index (χ3v) is 3.54. The van der Waals surface area contributed by atoms with Gasteiger partial charge >= 0.3 is 17.9 Å². The molecule has 1 aromatic carbocycles. The first kappa shape index (κ1) is 19.6. The summed E-state index contributed by atoms with van der Waals surface area (Å²) in [5.74, 6) is -4.24. The highest BCUT2D eigenvalue weighted by Gasteiger charge is 2.41. The van der Waals surface area contributed by atoms with E-state index in [9.17, 15) is 19.5 Å². The van der Waals surface area contributed by atoms with Gasteiger partial charge in [-0.1, -0.05) is 43.7 Å². The standard InChI is InChI=1S/C17H22O7/c1-2-3-9-13(12-7-5-4-6-8-12)24-15(20)11-17(23,16(21)22)10-14(18)19/h4-8,13,23H,2-3,9-11H2,1H3,(H,18,19)(H,21,22). The van der Waals surface area contributed by atoms with Crippen LogP contribution in [-0.4, -0.2) is 38.8 Å². The number of carboxylic acid groups (broad SMARTS) is 2. The van der Waals surface area contributed by atoms with Crippen LogP contribution in [0.4, 0.5) is 0 Å². The second-order valence-corrected chi connectivity index (χ2v) is 5.62. The Hall–Kier alpha value is -2.41. The summed E-state index contributed by atoms with van der Waals surface area (Å²) < 4.78 is 5.31. The van der Waals surface area contributed by atoms with Crippen LogP contribution in [0.15, 0.2) is 30.3 Å². The highest BCUT2D eigenvalue weighted by atomic mass is 16.5. The fraction of sp³-hybridized carbons (Fsp3) is 0.471. The van der Waals surface area contributed by atoms with Gasteiger partial charge in [0.15, 0.2) is 5.60 Å². The van der Waals surface area contributed by atoms with Gasteiger partial charge in [0.25, 0.3) is 0 Å². The van der Waals surface area contributed by atoms with E-state index in [1.54, 1.807) is 24.3 Å². The van der Waals surface area contributed by atoms with Crippen molar-refractivity contribution in [1.82, 2.24) is 0 Å². The Balaban J connectivity index is 2.83. The minimum absolute atomic E-state index is 0.552. The quantitative estimate of drug-likeness (QED) is 0.559. The zero-order valence-corrected chi connectivity index (χ0v) is 13.5. The van der Waals surface area contributed by atoms with Gasteiger partial charge in [0.2, 0.25) is 0 Å². The van der Waals surface area contributed by atoms with E-state index >= 15 is 0 Å². The third-order valence-electron chi connectivity index (χ3n) is 3.54. The van der Waals surface area contributed by atoms with Crippen LogP contribution in [0.5, 0.6) is 0 Å². The molecule has 3 N–H and O–H groups in total. The summed E-state index contributed by atoms with van der Waals surface area (Å²) in [5.41, 5.74) is -1.93. The Morgan fingerprint density at radius 2 is 1.75 bits per heavy atom. The molecule has 2 atom stereocenters. The number of carboxylic acids is 2. The van der Waals surface area contributed by atoms with Gasteiger partial charge in [-0.15, -0.1) is 0 Å². The first-order valence-corrected chi connectivity index (χ1v) is 7.70. The maximum absolute atomic E-state index is 12.1. The molecule has 1 aromatic rings. The Morgan fingerprint density at radius 3 is 2.25 bits per heavy atom. The number of hydrogen-bond acceptors (Lipinski definition) is 5. The molecule has 0 saturated carbocycles. The Kier molecular flexibility index (Phi) is 7.38. The summed E-state index contributed by atoms with van der Waals surface area (Å²) in [5, 5.41) is 27.6. The van der Waals surface area contributed by atoms with Gasteiger partial charge in [0, 0.05) is 0 Å². The average molecular weight is 338 g/mol. The Bertz CT molecular complexity index is 570. The number of hydrogen-bond donors (Lipinski definition) is 3. The predicted molar refractivity (Wildman–Crippen MR) is 84.3 cm³/mol. The Morgan fingerprint density at radius 1 is 1.12 bits per heavy atom. The van der Waals surface area contributed by atoms with Crippen LogP contribution in [0, 0.1) is 0 Å². The number of ether oxygens (including phenoxy) is 1. The molecule has 7 heteroatoms. The third kappa shape index (κ3) is 6.00. The summed E-state index contributed by atoms with van der Waals surface area (Å²) in [4.78, 5) is 33.9. The maximum Gasteiger partial charge on any atom is 0.336 e. The van der Waals surface area contributed by atoms with Crippen molar-refractivity contribution in [3.8, 4) is 0 Å². The van der Waals surface area contributed by atoms with Gasteiger partial charge in [-0.3, -0.25) is 9.59 Å². The van der Waals surface area contributed by atoms with Crippen molar-refractivity contribution in [2.45, 2.75) is 50.7 Å². The number of rotatable bonds is 10. The molecule has 0 fully saturated rings. The smallest absolute Gasteiger partial charge is 0.336 e. The van der Waals surface area contributed by atoms with Gasteiger partial charge in [-0.2, -0.15) is 0 Å². The normalized spacial score (nSPS) is 14.4. The monoisotopic (exact) mass is 338 g/mol. The van der Waals surface area contributed by atoms with E-state index in [1.165, 1.54) is 0 Å². The van der Waals surface area contributed by atoms with E-state index in [2.05, 4.69) is 0 Å². The summed E-state index contributed by atoms with van der Waals surface area (Å²) in [6.07, 6.45) is -0.339. The van der Waals surface area contributed by atoms with Crippen LogP contribution in [0.25, 0.3) is 0 Å². The molecule has 0 aromatic heterocycles. The second kappa shape index (κ2) is 9.02. The molecule has 0 saturated heterocycles. The van der Waals surface area contributed by atoms with Crippen LogP contribution in [0.2, 0.25) is 0 Å². The maximum atomic E-state index is 12.1. The SMILES string of the molecule is CCCCC(OC(=O)CC(O)(CC(=O)O)C(=O)O)c1ccccc1. The van der Waals surface area contributed by atoms with Crippen molar-refractivity contribution in [2.24, 2.45) is 0 Å². The Labute approximate surface area is 139 Å². The molecule has 132 valence electrons. The van der Waals surface area contributed by atoms with Crippen molar-refractivity contribution in [3.05, 3.63) is 35.9 Å². The van der Waals surface area contributed by atoms with Crippen LogP contribution in [0.3, 0.4) is 0 Å². The first-order chi connectivity index (χ1) is 11.3. The molecule has 7 nitrogen and oxygen atoms in total. The number of benzene rings is 1. The lowest BCUT2D eigenvalue weighted by atomic mass is 9.95. The fourth-order valence-corrected chi connectivity index (χ4v) is 2.25. The van der Waals surface area contributed by atoms with Gasteiger partial charge in [0.1, 0.15) is 6.10 Å². The van der Waals surface area contributed by atoms with E-state index in [0.717, 1.165) is 18.4 Å². The molecular formula is C17H22O7. The molecule has 24 heavy (non-hydrogen) atoms. The van der Waals surface area contributed by atoms with Crippen molar-refractivity contribution in [3.63, 3.8) is 0 Å². The molecule has 0 aliphatic rings. The first-order valence-electron chi connectivity index (χ1n) is 7.70. The van der Waals surface area contributed by atoms with Crippen LogP contribution >= 0.6 is 0 Å². The molecule has 2 unspecified atom stereocenters. The molecular weight excluding hydrogens is 316 g/mol. The molecule has 0 amide bonds. The molecule has 0 aliphatic carbocycles. The predicted octanol–water partition coefficient (Wildman–Crippen LogP) is 2.14. The fourth-order valence-electron chi connectivity index (χ4n) is 2.25. The molecule has 1 rings (SSSR count). The van der Waals surface area contributed by atoms with Crippen molar-refractivity contribution in [1.29, 1.82) is 0 Å². The van der Waals surface area contributed by atoms with Crippen molar-refractivity contribution in [2.75, 3.05) is 0 Å². The zero-order chi connectivity index (χ0) is 18.2. The number of carbonyl (C=O) groups excluding carboxylic acids is 1. The summed E-state index contributed by atoms with van der Waals surface area (Å²) in [6, 6.07) is 8.97. The van der Waals surface area contributed by atoms with Gasteiger partial charge < -0.3 is 20.1 Å². The van der Waals surface area contributed by atoms with Crippen LogP contribution in [0.1, 0.15) is 50.7 Å². The van der Waals surface area contributed by atoms with Crippen molar-refractivity contribution >= 4 is 17.9 Å². The molecule has 0 bridgehead atoms. The van der Waals surface area contributed by atoms with Crippen LogP contribution < -0.4 is 0 Å². The molecule has 0 heterocycles. The zero-order valence-electron chi connectivity index (χ0n) is 13.5. The number of unbranched alkanes of at least 4 members (excludes halogenated alkanes) is 1. The van der Waals surface area contributed by atoms with E-state index < -0.39 is 42.5 Å². The number of esters is 1. The number of aliphatic hydroxyl groups is 1. The van der Waals surface area contributed by atoms with Crippen molar-refractivity contribution < 1.29 is 34.4 Å². The number of carbonyl (C=O) groups is 3. The average Bonchev–Trinajstić information content (AvgIpc) is 2.51. The van der Waals surface area contributed by atoms with Crippen LogP contribution in [-0.2, 0) is 19.1 Å². The molecule has 0 aliphatic heterocycles. The largest absolute Gasteiger partial charge is 0.481 e. The summed E-state index contributed by atoms with van der Waals surface area (Å²) >= 11 is 0. The minimum atomic E-state index is -2.69. The van der Waals surface area contributed by atoms with E-state index in [1.807, 2.05) is 13.0 Å². The lowest BCUT2D eigenvalue weighted by Gasteiger charge is -2.23. The van der Waals surface area contributed by atoms with E-state index in [4.69, 9.17) is 14.9 Å². The molecule has 0 radical (unpaired) electrons. The van der Waals surface area contributed by atoms with E-state index in [-0.39, 0.29) is 0 Å².